The number of piperidine rings is 1. The number of rotatable bonds is 5. The number of benzene rings is 2. The number of carbonyl (C=O) groups is 1. The van der Waals surface area contributed by atoms with E-state index in [1.807, 2.05) is 30.3 Å². The van der Waals surface area contributed by atoms with Gasteiger partial charge in [-0.2, -0.15) is 0 Å². The zero-order valence-electron chi connectivity index (χ0n) is 15.7. The Bertz CT molecular complexity index is 934. The van der Waals surface area contributed by atoms with E-state index in [0.717, 1.165) is 18.8 Å². The van der Waals surface area contributed by atoms with Crippen molar-refractivity contribution in [2.45, 2.75) is 19.3 Å². The molecule has 0 aliphatic carbocycles. The van der Waals surface area contributed by atoms with Gasteiger partial charge in [-0.15, -0.1) is 5.10 Å². The number of carbonyl (C=O) groups excluding carboxylic acids is 1. The summed E-state index contributed by atoms with van der Waals surface area (Å²) in [6, 6.07) is 13.1. The van der Waals surface area contributed by atoms with E-state index in [-0.39, 0.29) is 5.91 Å². The largest absolute Gasteiger partial charge is 0.494 e. The molecule has 2 aromatic carbocycles. The lowest BCUT2D eigenvalue weighted by molar-refractivity contribution is 0.102. The Morgan fingerprint density at radius 2 is 1.79 bits per heavy atom. The summed E-state index contributed by atoms with van der Waals surface area (Å²) in [5.41, 5.74) is 3.10. The van der Waals surface area contributed by atoms with E-state index < -0.39 is 0 Å². The molecule has 0 atom stereocenters. The van der Waals surface area contributed by atoms with Gasteiger partial charge in [0.2, 0.25) is 0 Å². The fourth-order valence-corrected chi connectivity index (χ4v) is 3.38. The van der Waals surface area contributed by atoms with Crippen LogP contribution >= 0.6 is 0 Å². The Morgan fingerprint density at radius 1 is 1.04 bits per heavy atom. The number of amides is 1. The van der Waals surface area contributed by atoms with E-state index in [4.69, 9.17) is 4.74 Å². The third kappa shape index (κ3) is 3.80. The fraction of sp³-hybridized carbons (Fsp3) is 0.300. The lowest BCUT2D eigenvalue weighted by Crippen LogP contribution is -2.29. The standard InChI is InChI=1S/C20H22N6O2/c1-28-19-13-17(26-14-21-23-24-26)9-10-18(19)22-20(27)15-5-7-16(8-6-15)25-11-3-2-4-12-25/h5-10,13-14H,2-4,11-12H2,1H3,(H,22,27). The minimum atomic E-state index is -0.182. The summed E-state index contributed by atoms with van der Waals surface area (Å²) in [4.78, 5) is 15.0. The first-order chi connectivity index (χ1) is 13.7. The summed E-state index contributed by atoms with van der Waals surface area (Å²) in [6.07, 6.45) is 5.24. The Hall–Kier alpha value is -3.42. The smallest absolute Gasteiger partial charge is 0.255 e. The van der Waals surface area contributed by atoms with Crippen molar-refractivity contribution in [2.75, 3.05) is 30.4 Å². The van der Waals surface area contributed by atoms with Crippen molar-refractivity contribution < 1.29 is 9.53 Å². The highest BCUT2D eigenvalue weighted by Gasteiger charge is 2.14. The molecule has 28 heavy (non-hydrogen) atoms. The summed E-state index contributed by atoms with van der Waals surface area (Å²) in [6.45, 7) is 2.16. The summed E-state index contributed by atoms with van der Waals surface area (Å²) in [7, 11) is 1.56. The molecule has 4 rings (SSSR count). The predicted molar refractivity (Wildman–Crippen MR) is 106 cm³/mol. The molecule has 8 nitrogen and oxygen atoms in total. The summed E-state index contributed by atoms with van der Waals surface area (Å²) >= 11 is 0. The molecule has 1 amide bonds. The number of hydrogen-bond donors (Lipinski definition) is 1. The number of tetrazole rings is 1. The maximum Gasteiger partial charge on any atom is 0.255 e. The van der Waals surface area contributed by atoms with Gasteiger partial charge in [0.15, 0.2) is 0 Å². The number of hydrogen-bond acceptors (Lipinski definition) is 6. The van der Waals surface area contributed by atoms with Gasteiger partial charge in [0.05, 0.1) is 18.5 Å². The first-order valence-electron chi connectivity index (χ1n) is 9.32. The van der Waals surface area contributed by atoms with E-state index in [1.165, 1.54) is 36.0 Å². The molecular formula is C20H22N6O2. The van der Waals surface area contributed by atoms with Crippen molar-refractivity contribution in [3.63, 3.8) is 0 Å². The van der Waals surface area contributed by atoms with Gasteiger partial charge < -0.3 is 15.0 Å². The van der Waals surface area contributed by atoms with Gasteiger partial charge in [-0.1, -0.05) is 0 Å². The van der Waals surface area contributed by atoms with Crippen LogP contribution < -0.4 is 15.0 Å². The molecule has 3 aromatic rings. The second kappa shape index (κ2) is 8.08. The van der Waals surface area contributed by atoms with Crippen LogP contribution in [0.5, 0.6) is 5.75 Å². The van der Waals surface area contributed by atoms with Crippen molar-refractivity contribution in [1.29, 1.82) is 0 Å². The summed E-state index contributed by atoms with van der Waals surface area (Å²) in [5.74, 6) is 0.352. The van der Waals surface area contributed by atoms with Gasteiger partial charge >= 0.3 is 0 Å². The van der Waals surface area contributed by atoms with Crippen molar-refractivity contribution in [3.8, 4) is 11.4 Å². The fourth-order valence-electron chi connectivity index (χ4n) is 3.38. The zero-order chi connectivity index (χ0) is 19.3. The highest BCUT2D eigenvalue weighted by atomic mass is 16.5. The summed E-state index contributed by atoms with van der Waals surface area (Å²) in [5, 5.41) is 14.0. The topological polar surface area (TPSA) is 85.2 Å². The van der Waals surface area contributed by atoms with E-state index in [1.54, 1.807) is 19.2 Å². The molecule has 0 radical (unpaired) electrons. The molecule has 8 heteroatoms. The highest BCUT2D eigenvalue weighted by Crippen LogP contribution is 2.28. The van der Waals surface area contributed by atoms with Crippen LogP contribution in [0.4, 0.5) is 11.4 Å². The number of anilines is 2. The van der Waals surface area contributed by atoms with E-state index in [9.17, 15) is 4.79 Å². The first kappa shape index (κ1) is 18.0. The second-order valence-corrected chi connectivity index (χ2v) is 6.69. The number of ether oxygens (including phenoxy) is 1. The molecule has 0 spiro atoms. The maximum atomic E-state index is 12.7. The van der Waals surface area contributed by atoms with Crippen LogP contribution in [0.3, 0.4) is 0 Å². The Balaban J connectivity index is 1.48. The number of nitrogens with zero attached hydrogens (tertiary/aromatic N) is 5. The van der Waals surface area contributed by atoms with Gasteiger partial charge in [-0.25, -0.2) is 4.68 Å². The van der Waals surface area contributed by atoms with Crippen molar-refractivity contribution in [2.24, 2.45) is 0 Å². The predicted octanol–water partition coefficient (Wildman–Crippen LogP) is 2.91. The number of aromatic nitrogens is 4. The highest BCUT2D eigenvalue weighted by molar-refractivity contribution is 6.05. The molecular weight excluding hydrogens is 356 g/mol. The van der Waals surface area contributed by atoms with E-state index in [0.29, 0.717) is 17.0 Å². The average Bonchev–Trinajstić information content (AvgIpc) is 3.30. The van der Waals surface area contributed by atoms with Gasteiger partial charge in [0, 0.05) is 30.4 Å². The lowest BCUT2D eigenvalue weighted by atomic mass is 10.1. The number of nitrogens with one attached hydrogen (secondary N) is 1. The van der Waals surface area contributed by atoms with Crippen LogP contribution in [0, 0.1) is 0 Å². The molecule has 0 saturated carbocycles. The zero-order valence-corrected chi connectivity index (χ0v) is 15.7. The third-order valence-corrected chi connectivity index (χ3v) is 4.90. The SMILES string of the molecule is COc1cc(-n2cnnn2)ccc1NC(=O)c1ccc(N2CCCCC2)cc1. The molecule has 0 unspecified atom stereocenters. The molecule has 2 heterocycles. The Morgan fingerprint density at radius 3 is 2.46 bits per heavy atom. The quantitative estimate of drug-likeness (QED) is 0.735. The average molecular weight is 378 g/mol. The van der Waals surface area contributed by atoms with E-state index in [2.05, 4.69) is 25.7 Å². The molecule has 1 saturated heterocycles. The van der Waals surface area contributed by atoms with Crippen LogP contribution in [-0.4, -0.2) is 46.3 Å². The summed E-state index contributed by atoms with van der Waals surface area (Å²) < 4.78 is 6.94. The minimum Gasteiger partial charge on any atom is -0.494 e. The molecule has 1 N–H and O–H groups in total. The van der Waals surface area contributed by atoms with Crippen molar-refractivity contribution in [1.82, 2.24) is 20.2 Å². The van der Waals surface area contributed by atoms with Gasteiger partial charge in [0.25, 0.3) is 5.91 Å². The molecule has 144 valence electrons. The van der Waals surface area contributed by atoms with E-state index >= 15 is 0 Å². The van der Waals surface area contributed by atoms with Crippen LogP contribution in [0.1, 0.15) is 29.6 Å². The lowest BCUT2D eigenvalue weighted by Gasteiger charge is -2.28. The van der Waals surface area contributed by atoms with Crippen LogP contribution in [-0.2, 0) is 0 Å². The molecule has 1 fully saturated rings. The van der Waals surface area contributed by atoms with Crippen LogP contribution in [0.25, 0.3) is 5.69 Å². The van der Waals surface area contributed by atoms with Gasteiger partial charge in [-0.3, -0.25) is 4.79 Å². The maximum absolute atomic E-state index is 12.7. The Kier molecular flexibility index (Phi) is 5.18. The second-order valence-electron chi connectivity index (χ2n) is 6.69. The van der Waals surface area contributed by atoms with Crippen LogP contribution in [0.15, 0.2) is 48.8 Å². The van der Waals surface area contributed by atoms with Gasteiger partial charge in [0.1, 0.15) is 12.1 Å². The third-order valence-electron chi connectivity index (χ3n) is 4.90. The van der Waals surface area contributed by atoms with Crippen LogP contribution in [0.2, 0.25) is 0 Å². The normalized spacial score (nSPS) is 14.0. The molecule has 1 aliphatic heterocycles. The first-order valence-corrected chi connectivity index (χ1v) is 9.32. The van der Waals surface area contributed by atoms with Crippen molar-refractivity contribution >= 4 is 17.3 Å². The van der Waals surface area contributed by atoms with Gasteiger partial charge in [-0.05, 0) is 66.1 Å². The molecule has 1 aromatic heterocycles. The molecule has 0 bridgehead atoms. The minimum absolute atomic E-state index is 0.182. The molecule has 1 aliphatic rings. The number of methoxy groups -OCH3 is 1. The monoisotopic (exact) mass is 378 g/mol. The Labute approximate surface area is 163 Å². The van der Waals surface area contributed by atoms with Crippen molar-refractivity contribution in [3.05, 3.63) is 54.4 Å².